The fourth-order valence-corrected chi connectivity index (χ4v) is 3.26. The van der Waals surface area contributed by atoms with Crippen LogP contribution in [0.25, 0.3) is 0 Å². The molecule has 1 aromatic heterocycles. The molecule has 2 rings (SSSR count). The molecule has 0 saturated heterocycles. The molecule has 0 spiro atoms. The molecule has 0 radical (unpaired) electrons. The molecule has 0 atom stereocenters. The minimum absolute atomic E-state index is 0.876. The third-order valence-corrected chi connectivity index (χ3v) is 4.01. The number of carbonyl (C=O) groups is 1. The first kappa shape index (κ1) is 8.41. The summed E-state index contributed by atoms with van der Waals surface area (Å²) in [7, 11) is 2.06. The second kappa shape index (κ2) is 2.94. The maximum Gasteiger partial charge on any atom is 0.160 e. The van der Waals surface area contributed by atoms with Crippen LogP contribution in [0.5, 0.6) is 0 Å². The van der Waals surface area contributed by atoms with Gasteiger partial charge in [-0.3, -0.25) is 9.69 Å². The van der Waals surface area contributed by atoms with Gasteiger partial charge in [0.15, 0.2) is 6.29 Å². The molecular formula is C8H8BrNOS. The zero-order valence-electron chi connectivity index (χ0n) is 6.63. The summed E-state index contributed by atoms with van der Waals surface area (Å²) < 4.78 is 1.11. The van der Waals surface area contributed by atoms with E-state index in [9.17, 15) is 4.79 Å². The highest BCUT2D eigenvalue weighted by Crippen LogP contribution is 2.37. The van der Waals surface area contributed by atoms with Crippen molar-refractivity contribution in [3.8, 4) is 0 Å². The third kappa shape index (κ3) is 1.14. The lowest BCUT2D eigenvalue weighted by atomic mass is 10.2. The van der Waals surface area contributed by atoms with Crippen molar-refractivity contribution in [3.63, 3.8) is 0 Å². The van der Waals surface area contributed by atoms with Gasteiger partial charge in [-0.25, -0.2) is 0 Å². The Hall–Kier alpha value is -0.190. The molecule has 12 heavy (non-hydrogen) atoms. The summed E-state index contributed by atoms with van der Waals surface area (Å²) in [6.07, 6.45) is 0.952. The molecule has 0 bridgehead atoms. The van der Waals surface area contributed by atoms with E-state index in [-0.39, 0.29) is 0 Å². The Morgan fingerprint density at radius 2 is 2.17 bits per heavy atom. The molecule has 0 fully saturated rings. The van der Waals surface area contributed by atoms with E-state index < -0.39 is 0 Å². The van der Waals surface area contributed by atoms with Crippen molar-refractivity contribution in [2.24, 2.45) is 0 Å². The maximum atomic E-state index is 10.7. The van der Waals surface area contributed by atoms with Gasteiger partial charge in [0.25, 0.3) is 0 Å². The highest BCUT2D eigenvalue weighted by molar-refractivity contribution is 9.11. The molecule has 0 aliphatic carbocycles. The molecular weight excluding hydrogens is 238 g/mol. The normalized spacial score (nSPS) is 16.5. The van der Waals surface area contributed by atoms with Gasteiger partial charge in [-0.05, 0) is 34.1 Å². The number of rotatable bonds is 1. The number of aldehydes is 1. The van der Waals surface area contributed by atoms with Gasteiger partial charge in [0.1, 0.15) is 0 Å². The smallest absolute Gasteiger partial charge is 0.160 e. The summed E-state index contributed by atoms with van der Waals surface area (Å²) in [6.45, 7) is 1.87. The van der Waals surface area contributed by atoms with Crippen LogP contribution >= 0.6 is 27.3 Å². The van der Waals surface area contributed by atoms with Gasteiger partial charge in [-0.15, -0.1) is 11.3 Å². The topological polar surface area (TPSA) is 20.3 Å². The molecule has 0 unspecified atom stereocenters. The fourth-order valence-electron chi connectivity index (χ4n) is 1.51. The second-order valence-corrected chi connectivity index (χ2v) is 5.36. The van der Waals surface area contributed by atoms with Crippen LogP contribution in [0.4, 0.5) is 0 Å². The van der Waals surface area contributed by atoms with E-state index in [2.05, 4.69) is 27.9 Å². The Labute approximate surface area is 83.3 Å². The average Bonchev–Trinajstić information content (AvgIpc) is 2.52. The maximum absolute atomic E-state index is 10.7. The van der Waals surface area contributed by atoms with Crippen LogP contribution in [0, 0.1) is 0 Å². The third-order valence-electron chi connectivity index (χ3n) is 2.06. The molecule has 1 aliphatic rings. The van der Waals surface area contributed by atoms with Gasteiger partial charge in [0.2, 0.25) is 0 Å². The quantitative estimate of drug-likeness (QED) is 0.708. The van der Waals surface area contributed by atoms with Crippen molar-refractivity contribution >= 4 is 33.6 Å². The fraction of sp³-hybridized carbons (Fsp3) is 0.375. The first-order valence-corrected chi connectivity index (χ1v) is 5.27. The van der Waals surface area contributed by atoms with Gasteiger partial charge in [-0.2, -0.15) is 0 Å². The Bertz CT molecular complexity index is 334. The van der Waals surface area contributed by atoms with E-state index >= 15 is 0 Å². The molecule has 0 N–H and O–H groups in total. The van der Waals surface area contributed by atoms with Crippen LogP contribution in [-0.2, 0) is 13.1 Å². The van der Waals surface area contributed by atoms with Crippen LogP contribution in [0.2, 0.25) is 0 Å². The van der Waals surface area contributed by atoms with Gasteiger partial charge >= 0.3 is 0 Å². The summed E-state index contributed by atoms with van der Waals surface area (Å²) in [5.41, 5.74) is 2.51. The van der Waals surface area contributed by atoms with E-state index in [1.54, 1.807) is 11.3 Å². The summed E-state index contributed by atoms with van der Waals surface area (Å²) >= 11 is 5.01. The highest BCUT2D eigenvalue weighted by Gasteiger charge is 2.23. The Morgan fingerprint density at radius 3 is 2.83 bits per heavy atom. The van der Waals surface area contributed by atoms with E-state index in [0.717, 1.165) is 28.0 Å². The van der Waals surface area contributed by atoms with E-state index in [4.69, 9.17) is 0 Å². The Balaban J connectivity index is 2.52. The van der Waals surface area contributed by atoms with Crippen molar-refractivity contribution in [1.82, 2.24) is 4.90 Å². The van der Waals surface area contributed by atoms with Crippen LogP contribution in [0.15, 0.2) is 3.79 Å². The van der Waals surface area contributed by atoms with Crippen LogP contribution < -0.4 is 0 Å². The SMILES string of the molecule is CN1Cc2c(Br)sc(C=O)c2C1. The van der Waals surface area contributed by atoms with E-state index in [0.29, 0.717) is 0 Å². The van der Waals surface area contributed by atoms with E-state index in [1.807, 2.05) is 0 Å². The molecule has 2 nitrogen and oxygen atoms in total. The second-order valence-electron chi connectivity index (χ2n) is 2.99. The largest absolute Gasteiger partial charge is 0.298 e. The Morgan fingerprint density at radius 1 is 1.50 bits per heavy atom. The zero-order chi connectivity index (χ0) is 8.72. The monoisotopic (exact) mass is 245 g/mol. The zero-order valence-corrected chi connectivity index (χ0v) is 9.04. The van der Waals surface area contributed by atoms with Crippen LogP contribution in [0.1, 0.15) is 20.8 Å². The van der Waals surface area contributed by atoms with Crippen LogP contribution in [0.3, 0.4) is 0 Å². The highest BCUT2D eigenvalue weighted by atomic mass is 79.9. The number of carbonyl (C=O) groups excluding carboxylic acids is 1. The number of thiophene rings is 1. The van der Waals surface area contributed by atoms with Gasteiger partial charge in [-0.1, -0.05) is 0 Å². The minimum Gasteiger partial charge on any atom is -0.298 e. The van der Waals surface area contributed by atoms with Gasteiger partial charge in [0, 0.05) is 13.1 Å². The summed E-state index contributed by atoms with van der Waals surface area (Å²) in [5, 5.41) is 0. The predicted octanol–water partition coefficient (Wildman–Crippen LogP) is 2.27. The first-order chi connectivity index (χ1) is 5.72. The molecule has 0 amide bonds. The molecule has 0 saturated carbocycles. The molecule has 64 valence electrons. The molecule has 4 heteroatoms. The van der Waals surface area contributed by atoms with Crippen molar-refractivity contribution < 1.29 is 4.79 Å². The summed E-state index contributed by atoms with van der Waals surface area (Å²) in [6, 6.07) is 0. The Kier molecular flexibility index (Phi) is 2.06. The summed E-state index contributed by atoms with van der Waals surface area (Å²) in [4.78, 5) is 13.7. The number of hydrogen-bond acceptors (Lipinski definition) is 3. The molecule has 0 aromatic carbocycles. The van der Waals surface area contributed by atoms with E-state index in [1.165, 1.54) is 11.1 Å². The van der Waals surface area contributed by atoms with Crippen LogP contribution in [-0.4, -0.2) is 18.2 Å². The number of nitrogens with zero attached hydrogens (tertiary/aromatic N) is 1. The van der Waals surface area contributed by atoms with Crippen molar-refractivity contribution in [1.29, 1.82) is 0 Å². The van der Waals surface area contributed by atoms with Gasteiger partial charge in [0.05, 0.1) is 8.66 Å². The van der Waals surface area contributed by atoms with Crippen molar-refractivity contribution in [3.05, 3.63) is 19.8 Å². The molecule has 1 aliphatic heterocycles. The summed E-state index contributed by atoms with van der Waals surface area (Å²) in [5.74, 6) is 0. The molecule has 1 aromatic rings. The predicted molar refractivity (Wildman–Crippen MR) is 52.6 cm³/mol. The number of fused-ring (bicyclic) bond motifs is 1. The lowest BCUT2D eigenvalue weighted by Gasteiger charge is -2.04. The first-order valence-electron chi connectivity index (χ1n) is 3.66. The standard InChI is InChI=1S/C8H8BrNOS/c1-10-2-5-6(3-10)8(9)12-7(5)4-11/h4H,2-3H2,1H3. The lowest BCUT2D eigenvalue weighted by molar-refractivity contribution is 0.112. The number of halogens is 1. The minimum atomic E-state index is 0.876. The average molecular weight is 246 g/mol. The molecule has 2 heterocycles. The van der Waals surface area contributed by atoms with Gasteiger partial charge < -0.3 is 0 Å². The lowest BCUT2D eigenvalue weighted by Crippen LogP contribution is -2.08. The number of hydrogen-bond donors (Lipinski definition) is 0. The van der Waals surface area contributed by atoms with Crippen molar-refractivity contribution in [2.45, 2.75) is 13.1 Å². The van der Waals surface area contributed by atoms with Crippen molar-refractivity contribution in [2.75, 3.05) is 7.05 Å².